The molecule has 2 rings (SSSR count). The zero-order valence-corrected chi connectivity index (χ0v) is 13.9. The van der Waals surface area contributed by atoms with Gasteiger partial charge in [-0.25, -0.2) is 0 Å². The number of ether oxygens (including phenoxy) is 3. The molecule has 1 heterocycles. The minimum atomic E-state index is -0.267. The van der Waals surface area contributed by atoms with E-state index in [0.717, 1.165) is 12.0 Å². The van der Waals surface area contributed by atoms with Crippen LogP contribution < -0.4 is 15.2 Å². The quantitative estimate of drug-likeness (QED) is 0.925. The molecule has 0 amide bonds. The van der Waals surface area contributed by atoms with Gasteiger partial charge in [0, 0.05) is 17.5 Å². The van der Waals surface area contributed by atoms with Gasteiger partial charge < -0.3 is 19.9 Å². The standard InChI is InChI=1S/C17H27NO3/c1-16(2)10-12(17(3,4)21-16)14(18)11-8-7-9-13(19-5)15(11)20-6/h7-9,12,14H,10,18H2,1-6H3. The van der Waals surface area contributed by atoms with E-state index in [4.69, 9.17) is 19.9 Å². The van der Waals surface area contributed by atoms with Crippen molar-refractivity contribution >= 4 is 0 Å². The lowest BCUT2D eigenvalue weighted by Gasteiger charge is -2.32. The molecule has 1 saturated heterocycles. The maximum absolute atomic E-state index is 6.58. The van der Waals surface area contributed by atoms with Crippen molar-refractivity contribution in [2.24, 2.45) is 11.7 Å². The first-order valence-corrected chi connectivity index (χ1v) is 7.38. The molecule has 4 nitrogen and oxygen atoms in total. The van der Waals surface area contributed by atoms with Crippen molar-refractivity contribution in [3.63, 3.8) is 0 Å². The van der Waals surface area contributed by atoms with Gasteiger partial charge in [-0.3, -0.25) is 0 Å². The molecule has 0 aliphatic carbocycles. The van der Waals surface area contributed by atoms with Crippen LogP contribution in [0.5, 0.6) is 11.5 Å². The predicted molar refractivity (Wildman–Crippen MR) is 83.8 cm³/mol. The molecule has 0 aromatic heterocycles. The fourth-order valence-corrected chi connectivity index (χ4v) is 3.56. The van der Waals surface area contributed by atoms with Crippen LogP contribution in [0.2, 0.25) is 0 Å². The molecule has 118 valence electrons. The third-order valence-corrected chi connectivity index (χ3v) is 4.37. The summed E-state index contributed by atoms with van der Waals surface area (Å²) in [4.78, 5) is 0. The van der Waals surface area contributed by atoms with Crippen molar-refractivity contribution in [1.82, 2.24) is 0 Å². The van der Waals surface area contributed by atoms with E-state index < -0.39 is 0 Å². The first-order valence-electron chi connectivity index (χ1n) is 7.38. The molecule has 2 unspecified atom stereocenters. The van der Waals surface area contributed by atoms with Crippen LogP contribution in [0.3, 0.4) is 0 Å². The molecular formula is C17H27NO3. The molecule has 4 heteroatoms. The van der Waals surface area contributed by atoms with E-state index >= 15 is 0 Å². The Bertz CT molecular complexity index is 511. The summed E-state index contributed by atoms with van der Waals surface area (Å²) < 4.78 is 17.1. The molecule has 0 saturated carbocycles. The lowest BCUT2D eigenvalue weighted by Crippen LogP contribution is -2.36. The Hall–Kier alpha value is -1.26. The Labute approximate surface area is 127 Å². The highest BCUT2D eigenvalue weighted by Crippen LogP contribution is 2.49. The third kappa shape index (κ3) is 3.01. The number of hydrogen-bond donors (Lipinski definition) is 1. The van der Waals surface area contributed by atoms with Gasteiger partial charge in [0.25, 0.3) is 0 Å². The Morgan fingerprint density at radius 3 is 2.33 bits per heavy atom. The highest BCUT2D eigenvalue weighted by Gasteiger charge is 2.49. The van der Waals surface area contributed by atoms with Crippen molar-refractivity contribution in [3.05, 3.63) is 23.8 Å². The van der Waals surface area contributed by atoms with Gasteiger partial charge >= 0.3 is 0 Å². The van der Waals surface area contributed by atoms with Crippen LogP contribution in [0.4, 0.5) is 0 Å². The summed E-state index contributed by atoms with van der Waals surface area (Å²) in [5.41, 5.74) is 7.13. The van der Waals surface area contributed by atoms with Crippen LogP contribution in [0.25, 0.3) is 0 Å². The maximum Gasteiger partial charge on any atom is 0.165 e. The molecule has 0 radical (unpaired) electrons. The lowest BCUT2D eigenvalue weighted by atomic mass is 9.79. The van der Waals surface area contributed by atoms with Crippen LogP contribution in [0.1, 0.15) is 45.7 Å². The van der Waals surface area contributed by atoms with Crippen molar-refractivity contribution in [3.8, 4) is 11.5 Å². The van der Waals surface area contributed by atoms with Gasteiger partial charge in [-0.2, -0.15) is 0 Å². The second kappa shape index (κ2) is 5.50. The van der Waals surface area contributed by atoms with Crippen molar-refractivity contribution < 1.29 is 14.2 Å². The highest BCUT2D eigenvalue weighted by molar-refractivity contribution is 5.48. The molecule has 2 atom stereocenters. The minimum absolute atomic E-state index is 0.155. The van der Waals surface area contributed by atoms with E-state index in [1.807, 2.05) is 18.2 Å². The van der Waals surface area contributed by atoms with E-state index in [0.29, 0.717) is 11.5 Å². The highest BCUT2D eigenvalue weighted by atomic mass is 16.5. The number of benzene rings is 1. The molecule has 0 bridgehead atoms. The van der Waals surface area contributed by atoms with Crippen LogP contribution >= 0.6 is 0 Å². The summed E-state index contributed by atoms with van der Waals surface area (Å²) in [6, 6.07) is 5.68. The topological polar surface area (TPSA) is 53.7 Å². The van der Waals surface area contributed by atoms with Crippen molar-refractivity contribution in [2.75, 3.05) is 14.2 Å². The first-order chi connectivity index (χ1) is 9.72. The second-order valence-corrected chi connectivity index (χ2v) is 6.88. The summed E-state index contributed by atoms with van der Waals surface area (Å²) in [7, 11) is 3.28. The predicted octanol–water partition coefficient (Wildman–Crippen LogP) is 3.30. The van der Waals surface area contributed by atoms with Crippen molar-refractivity contribution in [1.29, 1.82) is 0 Å². The Morgan fingerprint density at radius 2 is 1.86 bits per heavy atom. The minimum Gasteiger partial charge on any atom is -0.493 e. The molecule has 1 aliphatic rings. The second-order valence-electron chi connectivity index (χ2n) is 6.88. The Morgan fingerprint density at radius 1 is 1.19 bits per heavy atom. The normalized spacial score (nSPS) is 24.6. The summed E-state index contributed by atoms with van der Waals surface area (Å²) in [6.07, 6.45) is 0.918. The monoisotopic (exact) mass is 293 g/mol. The van der Waals surface area contributed by atoms with E-state index in [1.54, 1.807) is 14.2 Å². The van der Waals surface area contributed by atoms with Gasteiger partial charge in [0.15, 0.2) is 11.5 Å². The van der Waals surface area contributed by atoms with Gasteiger partial charge in [0.05, 0.1) is 25.4 Å². The number of hydrogen-bond acceptors (Lipinski definition) is 4. The fraction of sp³-hybridized carbons (Fsp3) is 0.647. The van der Waals surface area contributed by atoms with E-state index in [9.17, 15) is 0 Å². The van der Waals surface area contributed by atoms with Crippen LogP contribution in [-0.4, -0.2) is 25.4 Å². The van der Waals surface area contributed by atoms with Crippen molar-refractivity contribution in [2.45, 2.75) is 51.4 Å². The zero-order valence-electron chi connectivity index (χ0n) is 13.9. The average Bonchev–Trinajstić information content (AvgIpc) is 2.64. The summed E-state index contributed by atoms with van der Waals surface area (Å²) in [5, 5.41) is 0. The molecule has 2 N–H and O–H groups in total. The fourth-order valence-electron chi connectivity index (χ4n) is 3.56. The summed E-state index contributed by atoms with van der Waals surface area (Å²) in [6.45, 7) is 8.45. The molecule has 1 fully saturated rings. The zero-order chi connectivity index (χ0) is 15.8. The van der Waals surface area contributed by atoms with Crippen LogP contribution in [0, 0.1) is 5.92 Å². The van der Waals surface area contributed by atoms with Crippen LogP contribution in [-0.2, 0) is 4.74 Å². The molecular weight excluding hydrogens is 266 g/mol. The van der Waals surface area contributed by atoms with E-state index in [2.05, 4.69) is 27.7 Å². The number of nitrogens with two attached hydrogens (primary N) is 1. The molecule has 21 heavy (non-hydrogen) atoms. The van der Waals surface area contributed by atoms with Gasteiger partial charge in [-0.05, 0) is 40.2 Å². The largest absolute Gasteiger partial charge is 0.493 e. The lowest BCUT2D eigenvalue weighted by molar-refractivity contribution is -0.0767. The van der Waals surface area contributed by atoms with Crippen LogP contribution in [0.15, 0.2) is 18.2 Å². The van der Waals surface area contributed by atoms with Gasteiger partial charge in [0.2, 0.25) is 0 Å². The molecule has 1 aromatic carbocycles. The number of rotatable bonds is 4. The maximum atomic E-state index is 6.58. The Kier molecular flexibility index (Phi) is 4.22. The SMILES string of the molecule is COc1cccc(C(N)C2CC(C)(C)OC2(C)C)c1OC. The molecule has 1 aliphatic heterocycles. The average molecular weight is 293 g/mol. The number of methoxy groups -OCH3 is 2. The van der Waals surface area contributed by atoms with E-state index in [-0.39, 0.29) is 23.2 Å². The smallest absolute Gasteiger partial charge is 0.165 e. The summed E-state index contributed by atoms with van der Waals surface area (Å²) in [5.74, 6) is 1.64. The van der Waals surface area contributed by atoms with Gasteiger partial charge in [-0.15, -0.1) is 0 Å². The third-order valence-electron chi connectivity index (χ3n) is 4.37. The van der Waals surface area contributed by atoms with Gasteiger partial charge in [0.1, 0.15) is 0 Å². The molecule has 1 aromatic rings. The van der Waals surface area contributed by atoms with Gasteiger partial charge in [-0.1, -0.05) is 12.1 Å². The number of para-hydroxylation sites is 1. The first kappa shape index (κ1) is 16.1. The molecule has 0 spiro atoms. The van der Waals surface area contributed by atoms with E-state index in [1.165, 1.54) is 0 Å². The summed E-state index contributed by atoms with van der Waals surface area (Å²) >= 11 is 0. The Balaban J connectivity index is 2.39.